The molecule has 128 valence electrons. The van der Waals surface area contributed by atoms with Crippen LogP contribution in [0.4, 0.5) is 5.69 Å². The van der Waals surface area contributed by atoms with Crippen molar-refractivity contribution in [1.29, 1.82) is 0 Å². The third-order valence-electron chi connectivity index (χ3n) is 3.65. The van der Waals surface area contributed by atoms with Crippen LogP contribution in [0.25, 0.3) is 0 Å². The minimum absolute atomic E-state index is 0.0429. The van der Waals surface area contributed by atoms with E-state index in [9.17, 15) is 4.79 Å². The molecule has 1 amide bonds. The van der Waals surface area contributed by atoms with Gasteiger partial charge in [0.15, 0.2) is 11.5 Å². The van der Waals surface area contributed by atoms with Gasteiger partial charge in [0.25, 0.3) is 0 Å². The van der Waals surface area contributed by atoms with E-state index < -0.39 is 0 Å². The maximum absolute atomic E-state index is 12.0. The molecule has 5 nitrogen and oxygen atoms in total. The van der Waals surface area contributed by atoms with Crippen LogP contribution >= 0.6 is 0 Å². The highest BCUT2D eigenvalue weighted by molar-refractivity contribution is 5.91. The molecule has 0 unspecified atom stereocenters. The Kier molecular flexibility index (Phi) is 6.63. The fraction of sp³-hybridized carbons (Fsp3) is 0.316. The van der Waals surface area contributed by atoms with Crippen LogP contribution in [0.1, 0.15) is 17.5 Å². The monoisotopic (exact) mass is 328 g/mol. The summed E-state index contributed by atoms with van der Waals surface area (Å²) in [5.74, 6) is 1.18. The van der Waals surface area contributed by atoms with Crippen molar-refractivity contribution in [2.24, 2.45) is 0 Å². The smallest absolute Gasteiger partial charge is 0.225 e. The number of carbonyl (C=O) groups excluding carboxylic acids is 1. The van der Waals surface area contributed by atoms with Gasteiger partial charge in [-0.2, -0.15) is 0 Å². The van der Waals surface area contributed by atoms with E-state index >= 15 is 0 Å². The number of aryl methyl sites for hydroxylation is 1. The maximum Gasteiger partial charge on any atom is 0.225 e. The first-order valence-electron chi connectivity index (χ1n) is 7.90. The van der Waals surface area contributed by atoms with Gasteiger partial charge in [-0.1, -0.05) is 29.8 Å². The molecule has 0 aromatic heterocycles. The van der Waals surface area contributed by atoms with Crippen molar-refractivity contribution in [1.82, 2.24) is 5.32 Å². The Balaban J connectivity index is 1.76. The van der Waals surface area contributed by atoms with Gasteiger partial charge in [-0.3, -0.25) is 4.79 Å². The largest absolute Gasteiger partial charge is 0.493 e. The van der Waals surface area contributed by atoms with Gasteiger partial charge in [0, 0.05) is 31.3 Å². The van der Waals surface area contributed by atoms with E-state index in [2.05, 4.69) is 41.8 Å². The van der Waals surface area contributed by atoms with Gasteiger partial charge in [-0.15, -0.1) is 0 Å². The molecule has 2 aromatic rings. The number of benzene rings is 2. The lowest BCUT2D eigenvalue weighted by molar-refractivity contribution is -0.116. The standard InChI is InChI=1S/C19H24N2O3/c1-14-4-6-15(7-5-14)13-20-11-10-19(22)21-16-8-9-17(23-2)18(12-16)24-3/h4-9,12,20H,10-11,13H2,1-3H3,(H,21,22). The van der Waals surface area contributed by atoms with Crippen LogP contribution in [-0.4, -0.2) is 26.7 Å². The molecule has 5 heteroatoms. The highest BCUT2D eigenvalue weighted by atomic mass is 16.5. The van der Waals surface area contributed by atoms with Gasteiger partial charge < -0.3 is 20.1 Å². The second kappa shape index (κ2) is 8.93. The Morgan fingerprint density at radius 1 is 1.00 bits per heavy atom. The van der Waals surface area contributed by atoms with E-state index in [4.69, 9.17) is 9.47 Å². The van der Waals surface area contributed by atoms with Crippen LogP contribution in [0, 0.1) is 6.92 Å². The number of hydrogen-bond donors (Lipinski definition) is 2. The summed E-state index contributed by atoms with van der Waals surface area (Å²) < 4.78 is 10.4. The van der Waals surface area contributed by atoms with E-state index in [1.807, 2.05) is 0 Å². The van der Waals surface area contributed by atoms with Gasteiger partial charge in [0.1, 0.15) is 0 Å². The number of methoxy groups -OCH3 is 2. The number of rotatable bonds is 8. The molecule has 0 aliphatic carbocycles. The van der Waals surface area contributed by atoms with Crippen molar-refractivity contribution in [3.63, 3.8) is 0 Å². The lowest BCUT2D eigenvalue weighted by atomic mass is 10.1. The number of nitrogens with one attached hydrogen (secondary N) is 2. The Labute approximate surface area is 143 Å². The summed E-state index contributed by atoms with van der Waals surface area (Å²) in [6.45, 7) is 3.44. The second-order valence-electron chi connectivity index (χ2n) is 5.53. The molecule has 0 spiro atoms. The summed E-state index contributed by atoms with van der Waals surface area (Å²) >= 11 is 0. The number of ether oxygens (including phenoxy) is 2. The highest BCUT2D eigenvalue weighted by Gasteiger charge is 2.07. The molecular formula is C19H24N2O3. The third-order valence-corrected chi connectivity index (χ3v) is 3.65. The molecule has 0 bridgehead atoms. The zero-order valence-corrected chi connectivity index (χ0v) is 14.4. The molecule has 0 saturated heterocycles. The van der Waals surface area contributed by atoms with Crippen LogP contribution in [0.15, 0.2) is 42.5 Å². The molecule has 24 heavy (non-hydrogen) atoms. The van der Waals surface area contributed by atoms with Crippen LogP contribution in [0.5, 0.6) is 11.5 Å². The lowest BCUT2D eigenvalue weighted by Gasteiger charge is -2.11. The first kappa shape index (κ1) is 17.8. The van der Waals surface area contributed by atoms with Gasteiger partial charge in [-0.05, 0) is 24.6 Å². The molecule has 0 radical (unpaired) electrons. The Hall–Kier alpha value is -2.53. The quantitative estimate of drug-likeness (QED) is 0.731. The Morgan fingerprint density at radius 2 is 1.71 bits per heavy atom. The highest BCUT2D eigenvalue weighted by Crippen LogP contribution is 2.29. The molecule has 0 atom stereocenters. The molecule has 0 saturated carbocycles. The summed E-state index contributed by atoms with van der Waals surface area (Å²) in [5, 5.41) is 6.13. The lowest BCUT2D eigenvalue weighted by Crippen LogP contribution is -2.21. The van der Waals surface area contributed by atoms with Gasteiger partial charge in [0.05, 0.1) is 14.2 Å². The molecule has 0 aliphatic rings. The summed E-state index contributed by atoms with van der Waals surface area (Å²) in [6.07, 6.45) is 0.403. The van der Waals surface area contributed by atoms with E-state index in [-0.39, 0.29) is 5.91 Å². The average Bonchev–Trinajstić information content (AvgIpc) is 2.60. The minimum atomic E-state index is -0.0429. The predicted octanol–water partition coefficient (Wildman–Crippen LogP) is 3.13. The topological polar surface area (TPSA) is 59.6 Å². The van der Waals surface area contributed by atoms with Gasteiger partial charge in [0.2, 0.25) is 5.91 Å². The van der Waals surface area contributed by atoms with E-state index in [0.29, 0.717) is 30.2 Å². The van der Waals surface area contributed by atoms with Crippen molar-refractivity contribution in [3.8, 4) is 11.5 Å². The molecule has 0 aliphatic heterocycles. The predicted molar refractivity (Wildman–Crippen MR) is 95.7 cm³/mol. The number of anilines is 1. The van der Waals surface area contributed by atoms with Crippen molar-refractivity contribution in [2.45, 2.75) is 19.9 Å². The van der Waals surface area contributed by atoms with Crippen molar-refractivity contribution in [2.75, 3.05) is 26.1 Å². The van der Waals surface area contributed by atoms with E-state index in [1.54, 1.807) is 32.4 Å². The number of amides is 1. The Bertz CT molecular complexity index is 669. The molecular weight excluding hydrogens is 304 g/mol. The molecule has 0 fully saturated rings. The molecule has 0 heterocycles. The van der Waals surface area contributed by atoms with E-state index in [1.165, 1.54) is 11.1 Å². The second-order valence-corrected chi connectivity index (χ2v) is 5.53. The van der Waals surface area contributed by atoms with Crippen molar-refractivity contribution < 1.29 is 14.3 Å². The maximum atomic E-state index is 12.0. The fourth-order valence-corrected chi connectivity index (χ4v) is 2.28. The van der Waals surface area contributed by atoms with Crippen LogP contribution in [0.3, 0.4) is 0 Å². The summed E-state index contributed by atoms with van der Waals surface area (Å²) in [7, 11) is 3.15. The summed E-state index contributed by atoms with van der Waals surface area (Å²) in [4.78, 5) is 12.0. The average molecular weight is 328 g/mol. The molecule has 2 aromatic carbocycles. The minimum Gasteiger partial charge on any atom is -0.493 e. The third kappa shape index (κ3) is 5.28. The van der Waals surface area contributed by atoms with E-state index in [0.717, 1.165) is 6.54 Å². The van der Waals surface area contributed by atoms with Crippen LogP contribution in [-0.2, 0) is 11.3 Å². The van der Waals surface area contributed by atoms with Crippen molar-refractivity contribution >= 4 is 11.6 Å². The molecule has 2 N–H and O–H groups in total. The SMILES string of the molecule is COc1ccc(NC(=O)CCNCc2ccc(C)cc2)cc1OC. The first-order valence-corrected chi connectivity index (χ1v) is 7.90. The van der Waals surface area contributed by atoms with Gasteiger partial charge >= 0.3 is 0 Å². The van der Waals surface area contributed by atoms with Crippen LogP contribution < -0.4 is 20.1 Å². The van der Waals surface area contributed by atoms with Gasteiger partial charge in [-0.25, -0.2) is 0 Å². The van der Waals surface area contributed by atoms with Crippen LogP contribution in [0.2, 0.25) is 0 Å². The zero-order valence-electron chi connectivity index (χ0n) is 14.4. The molecule has 2 rings (SSSR count). The summed E-state index contributed by atoms with van der Waals surface area (Å²) in [6, 6.07) is 13.7. The normalized spacial score (nSPS) is 10.3. The Morgan fingerprint density at radius 3 is 2.38 bits per heavy atom. The number of carbonyl (C=O) groups is 1. The first-order chi connectivity index (χ1) is 11.6. The van der Waals surface area contributed by atoms with Crippen molar-refractivity contribution in [3.05, 3.63) is 53.6 Å². The number of hydrogen-bond acceptors (Lipinski definition) is 4. The fourth-order valence-electron chi connectivity index (χ4n) is 2.28. The summed E-state index contributed by atoms with van der Waals surface area (Å²) in [5.41, 5.74) is 3.14. The zero-order chi connectivity index (χ0) is 17.4.